The quantitative estimate of drug-likeness (QED) is 0.488. The van der Waals surface area contributed by atoms with Gasteiger partial charge in [-0.25, -0.2) is 4.39 Å². The van der Waals surface area contributed by atoms with E-state index < -0.39 is 65.1 Å². The van der Waals surface area contributed by atoms with E-state index in [4.69, 9.17) is 0 Å². The third-order valence-corrected chi connectivity index (χ3v) is 6.82. The smallest absolute Gasteiger partial charge is 0.381 e. The molecule has 0 spiro atoms. The summed E-state index contributed by atoms with van der Waals surface area (Å²) in [4.78, 5) is 28.7. The van der Waals surface area contributed by atoms with Crippen molar-refractivity contribution in [3.8, 4) is 0 Å². The van der Waals surface area contributed by atoms with Crippen LogP contribution in [-0.2, 0) is 28.5 Å². The normalized spacial score (nSPS) is 18.7. The van der Waals surface area contributed by atoms with Crippen molar-refractivity contribution in [2.24, 2.45) is 5.92 Å². The Morgan fingerprint density at radius 2 is 1.56 bits per heavy atom. The number of aryl methyl sites for hydroxylation is 1. The average molecular weight is 563 g/mol. The summed E-state index contributed by atoms with van der Waals surface area (Å²) in [5.41, 5.74) is -3.93. The summed E-state index contributed by atoms with van der Waals surface area (Å²) in [5.74, 6) is -3.10. The first-order valence-electron chi connectivity index (χ1n) is 12.1. The van der Waals surface area contributed by atoms with E-state index in [1.165, 1.54) is 44.0 Å². The summed E-state index contributed by atoms with van der Waals surface area (Å²) < 4.78 is 93.5. The van der Waals surface area contributed by atoms with Crippen LogP contribution in [0.5, 0.6) is 0 Å². The highest BCUT2D eigenvalue weighted by atomic mass is 19.4. The molecule has 1 aliphatic rings. The second kappa shape index (κ2) is 10.8. The lowest BCUT2D eigenvalue weighted by Gasteiger charge is -2.41. The number of likely N-dealkylation sites (tertiary alicyclic amines) is 1. The predicted molar refractivity (Wildman–Crippen MR) is 128 cm³/mol. The van der Waals surface area contributed by atoms with E-state index in [9.17, 15) is 45.4 Å². The van der Waals surface area contributed by atoms with Gasteiger partial charge in [-0.05, 0) is 74.2 Å². The SMILES string of the molecule is Cc1cc(F)ccc1C1CN(C(=O)C(C)(C)O)CCC1C(=O)N(C)Cc1cc(C(F)(F)F)cc(C(F)(F)F)c1. The van der Waals surface area contributed by atoms with Gasteiger partial charge in [-0.2, -0.15) is 26.3 Å². The summed E-state index contributed by atoms with van der Waals surface area (Å²) in [6, 6.07) is 5.12. The number of amides is 2. The molecule has 39 heavy (non-hydrogen) atoms. The molecule has 2 atom stereocenters. The summed E-state index contributed by atoms with van der Waals surface area (Å²) in [5, 5.41) is 10.2. The topological polar surface area (TPSA) is 60.9 Å². The Hall–Kier alpha value is -3.15. The first-order valence-corrected chi connectivity index (χ1v) is 12.1. The van der Waals surface area contributed by atoms with Crippen molar-refractivity contribution in [2.45, 2.75) is 57.6 Å². The zero-order valence-electron chi connectivity index (χ0n) is 21.8. The molecule has 1 heterocycles. The molecule has 2 amide bonds. The summed E-state index contributed by atoms with van der Waals surface area (Å²) >= 11 is 0. The number of hydrogen-bond donors (Lipinski definition) is 1. The summed E-state index contributed by atoms with van der Waals surface area (Å²) in [7, 11) is 1.28. The molecule has 2 unspecified atom stereocenters. The summed E-state index contributed by atoms with van der Waals surface area (Å²) in [6.45, 7) is 3.84. The highest BCUT2D eigenvalue weighted by molar-refractivity contribution is 5.85. The van der Waals surface area contributed by atoms with Crippen molar-refractivity contribution in [2.75, 3.05) is 20.1 Å². The van der Waals surface area contributed by atoms with Gasteiger partial charge in [0.15, 0.2) is 0 Å². The molecule has 1 N–H and O–H groups in total. The number of piperidine rings is 1. The molecule has 2 aromatic carbocycles. The Balaban J connectivity index is 1.94. The maximum absolute atomic E-state index is 13.8. The number of hydrogen-bond acceptors (Lipinski definition) is 3. The maximum Gasteiger partial charge on any atom is 0.416 e. The van der Waals surface area contributed by atoms with Gasteiger partial charge in [0, 0.05) is 38.5 Å². The van der Waals surface area contributed by atoms with E-state index in [1.807, 2.05) is 0 Å². The number of halogens is 7. The van der Waals surface area contributed by atoms with Gasteiger partial charge in [0.2, 0.25) is 5.91 Å². The first kappa shape index (κ1) is 30.4. The third kappa shape index (κ3) is 7.09. The van der Waals surface area contributed by atoms with Gasteiger partial charge in [0.05, 0.1) is 11.1 Å². The van der Waals surface area contributed by atoms with Crippen LogP contribution in [0.2, 0.25) is 0 Å². The minimum Gasteiger partial charge on any atom is -0.381 e. The number of aliphatic hydroxyl groups is 1. The molecule has 0 bridgehead atoms. The largest absolute Gasteiger partial charge is 0.416 e. The van der Waals surface area contributed by atoms with Crippen LogP contribution in [0.1, 0.15) is 54.0 Å². The van der Waals surface area contributed by atoms with Gasteiger partial charge in [0.25, 0.3) is 5.91 Å². The van der Waals surface area contributed by atoms with Crippen LogP contribution < -0.4 is 0 Å². The second-order valence-corrected chi connectivity index (χ2v) is 10.4. The first-order chi connectivity index (χ1) is 17.8. The van der Waals surface area contributed by atoms with Gasteiger partial charge in [0.1, 0.15) is 11.4 Å². The van der Waals surface area contributed by atoms with E-state index in [0.717, 1.165) is 4.90 Å². The van der Waals surface area contributed by atoms with Gasteiger partial charge < -0.3 is 14.9 Å². The third-order valence-electron chi connectivity index (χ3n) is 6.82. The number of alkyl halides is 6. The number of nitrogens with zero attached hydrogens (tertiary/aromatic N) is 2. The lowest BCUT2D eigenvalue weighted by Crippen LogP contribution is -2.52. The average Bonchev–Trinajstić information content (AvgIpc) is 2.81. The fraction of sp³-hybridized carbons (Fsp3) is 0.481. The summed E-state index contributed by atoms with van der Waals surface area (Å²) in [6.07, 6.45) is -9.93. The van der Waals surface area contributed by atoms with Crippen LogP contribution in [0.25, 0.3) is 0 Å². The predicted octanol–water partition coefficient (Wildman–Crippen LogP) is 5.53. The molecule has 0 radical (unpaired) electrons. The van der Waals surface area contributed by atoms with Gasteiger partial charge >= 0.3 is 12.4 Å². The molecule has 214 valence electrons. The van der Waals surface area contributed by atoms with Crippen molar-refractivity contribution in [3.05, 3.63) is 70.0 Å². The molecular weight excluding hydrogens is 533 g/mol. The molecule has 12 heteroatoms. The van der Waals surface area contributed by atoms with Crippen LogP contribution in [0.15, 0.2) is 36.4 Å². The second-order valence-electron chi connectivity index (χ2n) is 10.4. The van der Waals surface area contributed by atoms with Crippen molar-refractivity contribution in [1.82, 2.24) is 9.80 Å². The molecule has 1 saturated heterocycles. The van der Waals surface area contributed by atoms with E-state index in [2.05, 4.69) is 0 Å². The monoisotopic (exact) mass is 562 g/mol. The van der Waals surface area contributed by atoms with E-state index in [-0.39, 0.29) is 31.1 Å². The van der Waals surface area contributed by atoms with Crippen LogP contribution >= 0.6 is 0 Å². The van der Waals surface area contributed by atoms with Crippen molar-refractivity contribution >= 4 is 11.8 Å². The molecule has 2 aromatic rings. The maximum atomic E-state index is 13.8. The van der Waals surface area contributed by atoms with E-state index in [1.54, 1.807) is 6.92 Å². The Morgan fingerprint density at radius 1 is 1.00 bits per heavy atom. The molecule has 0 aromatic heterocycles. The van der Waals surface area contributed by atoms with Crippen LogP contribution in [-0.4, -0.2) is 52.5 Å². The fourth-order valence-electron chi connectivity index (χ4n) is 4.93. The Morgan fingerprint density at radius 3 is 2.05 bits per heavy atom. The number of carbonyl (C=O) groups excluding carboxylic acids is 2. The van der Waals surface area contributed by atoms with Crippen LogP contribution in [0.4, 0.5) is 30.7 Å². The Kier molecular flexibility index (Phi) is 8.40. The number of benzene rings is 2. The van der Waals surface area contributed by atoms with Crippen molar-refractivity contribution < 1.29 is 45.4 Å². The molecular formula is C27H29F7N2O3. The Bertz CT molecular complexity index is 1200. The zero-order valence-corrected chi connectivity index (χ0v) is 21.8. The minimum absolute atomic E-state index is 0.00131. The highest BCUT2D eigenvalue weighted by Gasteiger charge is 2.42. The van der Waals surface area contributed by atoms with Gasteiger partial charge in [-0.3, -0.25) is 9.59 Å². The van der Waals surface area contributed by atoms with Crippen LogP contribution in [0.3, 0.4) is 0 Å². The van der Waals surface area contributed by atoms with Gasteiger partial charge in [-0.15, -0.1) is 0 Å². The molecule has 0 aliphatic carbocycles. The molecule has 1 aliphatic heterocycles. The van der Waals surface area contributed by atoms with Crippen molar-refractivity contribution in [1.29, 1.82) is 0 Å². The Labute approximate surface area is 221 Å². The molecule has 1 fully saturated rings. The van der Waals surface area contributed by atoms with Crippen molar-refractivity contribution in [3.63, 3.8) is 0 Å². The standard InChI is InChI=1S/C27H29F7N2O3/c1-15-9-19(28)5-6-20(15)22-14-36(24(38)25(2,3)39)8-7-21(22)23(37)35(4)13-16-10-17(26(29,30)31)12-18(11-16)27(32,33)34/h5-6,9-12,21-22,39H,7-8,13-14H2,1-4H3. The molecule has 0 saturated carbocycles. The molecule has 5 nitrogen and oxygen atoms in total. The van der Waals surface area contributed by atoms with Gasteiger partial charge in [-0.1, -0.05) is 6.07 Å². The highest BCUT2D eigenvalue weighted by Crippen LogP contribution is 2.38. The fourth-order valence-corrected chi connectivity index (χ4v) is 4.93. The van der Waals surface area contributed by atoms with Crippen LogP contribution in [0, 0.1) is 18.7 Å². The minimum atomic E-state index is -5.02. The lowest BCUT2D eigenvalue weighted by atomic mass is 9.78. The van der Waals surface area contributed by atoms with E-state index in [0.29, 0.717) is 23.3 Å². The van der Waals surface area contributed by atoms with E-state index >= 15 is 0 Å². The zero-order chi connectivity index (χ0) is 29.5. The number of carbonyl (C=O) groups is 2. The molecule has 3 rings (SSSR count). The lowest BCUT2D eigenvalue weighted by molar-refractivity contribution is -0.152. The number of rotatable bonds is 5.